The van der Waals surface area contributed by atoms with Crippen molar-refractivity contribution in [2.24, 2.45) is 0 Å². The van der Waals surface area contributed by atoms with Gasteiger partial charge in [-0.05, 0) is 67.5 Å². The molecule has 1 unspecified atom stereocenters. The zero-order valence-electron chi connectivity index (χ0n) is 15.5. The first-order valence-electron chi connectivity index (χ1n) is 9.66. The highest BCUT2D eigenvalue weighted by atomic mass is 19.1. The second-order valence-corrected chi connectivity index (χ2v) is 7.32. The molecule has 0 saturated heterocycles. The van der Waals surface area contributed by atoms with Crippen molar-refractivity contribution in [2.45, 2.75) is 44.2 Å². The molecule has 5 heteroatoms. The number of hydrogen-bond acceptors (Lipinski definition) is 3. The van der Waals surface area contributed by atoms with Gasteiger partial charge in [0.15, 0.2) is 0 Å². The zero-order valence-corrected chi connectivity index (χ0v) is 15.5. The molecule has 2 aliphatic rings. The monoisotopic (exact) mass is 379 g/mol. The van der Waals surface area contributed by atoms with Crippen LogP contribution in [0.25, 0.3) is 5.57 Å². The predicted molar refractivity (Wildman–Crippen MR) is 104 cm³/mol. The van der Waals surface area contributed by atoms with E-state index < -0.39 is 17.9 Å². The third-order valence-electron chi connectivity index (χ3n) is 5.09. The lowest BCUT2D eigenvalue weighted by Crippen LogP contribution is -2.33. The molecule has 1 fully saturated rings. The maximum atomic E-state index is 13.3. The fraction of sp³-hybridized carbons (Fsp3) is 0.304. The molecule has 2 aromatic carbocycles. The maximum absolute atomic E-state index is 13.3. The van der Waals surface area contributed by atoms with Gasteiger partial charge in [0.2, 0.25) is 6.10 Å². The van der Waals surface area contributed by atoms with E-state index in [1.165, 1.54) is 29.8 Å². The van der Waals surface area contributed by atoms with Gasteiger partial charge in [0, 0.05) is 11.6 Å². The minimum atomic E-state index is -1.11. The third-order valence-corrected chi connectivity index (χ3v) is 5.09. The van der Waals surface area contributed by atoms with Gasteiger partial charge >= 0.3 is 5.97 Å². The Bertz CT molecular complexity index is 898. The molecule has 2 aliphatic carbocycles. The standard InChI is InChI=1S/C23H22FNO3/c24-19-11-9-17(10-12-19)21(22(26)25-20-13-14-20)28-23(27)18-7-5-16(6-8-18)15-3-1-2-4-15/h3,5-12,20-21H,1-2,4,13-14H2,(H,25,26). The molecule has 0 aromatic heterocycles. The van der Waals surface area contributed by atoms with E-state index in [9.17, 15) is 14.0 Å². The Balaban J connectivity index is 1.50. The van der Waals surface area contributed by atoms with E-state index in [1.807, 2.05) is 12.1 Å². The zero-order chi connectivity index (χ0) is 19.5. The van der Waals surface area contributed by atoms with Crippen LogP contribution in [0.4, 0.5) is 4.39 Å². The van der Waals surface area contributed by atoms with E-state index in [0.29, 0.717) is 11.1 Å². The predicted octanol–water partition coefficient (Wildman–Crippen LogP) is 4.57. The summed E-state index contributed by atoms with van der Waals surface area (Å²) in [5.74, 6) is -1.37. The molecular weight excluding hydrogens is 357 g/mol. The van der Waals surface area contributed by atoms with Gasteiger partial charge in [0.1, 0.15) is 5.82 Å². The maximum Gasteiger partial charge on any atom is 0.339 e. The molecule has 1 saturated carbocycles. The summed E-state index contributed by atoms with van der Waals surface area (Å²) >= 11 is 0. The molecule has 4 rings (SSSR count). The number of halogens is 1. The minimum absolute atomic E-state index is 0.133. The van der Waals surface area contributed by atoms with Crippen LogP contribution in [-0.2, 0) is 9.53 Å². The molecule has 1 amide bonds. The number of hydrogen-bond donors (Lipinski definition) is 1. The van der Waals surface area contributed by atoms with Gasteiger partial charge < -0.3 is 10.1 Å². The van der Waals surface area contributed by atoms with Crippen LogP contribution in [0.2, 0.25) is 0 Å². The highest BCUT2D eigenvalue weighted by molar-refractivity contribution is 5.93. The number of rotatable bonds is 6. The molecule has 1 atom stereocenters. The van der Waals surface area contributed by atoms with Gasteiger partial charge in [-0.25, -0.2) is 9.18 Å². The lowest BCUT2D eigenvalue weighted by molar-refractivity contribution is -0.130. The molecule has 4 nitrogen and oxygen atoms in total. The molecule has 1 N–H and O–H groups in total. The number of benzene rings is 2. The number of carbonyl (C=O) groups is 2. The van der Waals surface area contributed by atoms with Crippen LogP contribution in [0.5, 0.6) is 0 Å². The average Bonchev–Trinajstić information content (AvgIpc) is 3.35. The first-order valence-corrected chi connectivity index (χ1v) is 9.66. The van der Waals surface area contributed by atoms with E-state index in [4.69, 9.17) is 4.74 Å². The molecule has 2 aromatic rings. The largest absolute Gasteiger partial charge is 0.444 e. The van der Waals surface area contributed by atoms with Gasteiger partial charge in [-0.3, -0.25) is 4.79 Å². The van der Waals surface area contributed by atoms with E-state index in [0.717, 1.165) is 37.7 Å². The number of amides is 1. The molecular formula is C23H22FNO3. The summed E-state index contributed by atoms with van der Waals surface area (Å²) in [4.78, 5) is 25.2. The van der Waals surface area contributed by atoms with Gasteiger partial charge in [0.25, 0.3) is 5.91 Å². The lowest BCUT2D eigenvalue weighted by Gasteiger charge is -2.18. The molecule has 0 heterocycles. The summed E-state index contributed by atoms with van der Waals surface area (Å²) in [5.41, 5.74) is 3.23. The summed E-state index contributed by atoms with van der Waals surface area (Å²) in [6, 6.07) is 12.8. The van der Waals surface area contributed by atoms with Crippen LogP contribution in [0.3, 0.4) is 0 Å². The number of ether oxygens (including phenoxy) is 1. The number of carbonyl (C=O) groups excluding carboxylic acids is 2. The first-order chi connectivity index (χ1) is 13.6. The molecule has 0 bridgehead atoms. The second kappa shape index (κ2) is 7.97. The van der Waals surface area contributed by atoms with Crippen LogP contribution in [-0.4, -0.2) is 17.9 Å². The lowest BCUT2D eigenvalue weighted by atomic mass is 10.0. The smallest absolute Gasteiger partial charge is 0.339 e. The van der Waals surface area contributed by atoms with E-state index in [-0.39, 0.29) is 11.9 Å². The molecule has 0 aliphatic heterocycles. The highest BCUT2D eigenvalue weighted by Gasteiger charge is 2.31. The Labute approximate surface area is 163 Å². The average molecular weight is 379 g/mol. The molecule has 0 spiro atoms. The normalized spacial score (nSPS) is 17.0. The van der Waals surface area contributed by atoms with Crippen LogP contribution in [0.15, 0.2) is 54.6 Å². The van der Waals surface area contributed by atoms with Gasteiger partial charge in [-0.2, -0.15) is 0 Å². The van der Waals surface area contributed by atoms with Crippen LogP contribution in [0, 0.1) is 5.82 Å². The van der Waals surface area contributed by atoms with Crippen molar-refractivity contribution in [3.63, 3.8) is 0 Å². The van der Waals surface area contributed by atoms with Crippen molar-refractivity contribution in [3.05, 3.63) is 77.1 Å². The Morgan fingerprint density at radius 1 is 1.04 bits per heavy atom. The summed E-state index contributed by atoms with van der Waals surface area (Å²) < 4.78 is 18.8. The van der Waals surface area contributed by atoms with Gasteiger partial charge in [0.05, 0.1) is 5.56 Å². The van der Waals surface area contributed by atoms with Crippen molar-refractivity contribution in [2.75, 3.05) is 0 Å². The Morgan fingerprint density at radius 2 is 1.75 bits per heavy atom. The van der Waals surface area contributed by atoms with Crippen LogP contribution >= 0.6 is 0 Å². The van der Waals surface area contributed by atoms with E-state index >= 15 is 0 Å². The molecule has 0 radical (unpaired) electrons. The van der Waals surface area contributed by atoms with Crippen molar-refractivity contribution < 1.29 is 18.7 Å². The van der Waals surface area contributed by atoms with Crippen molar-refractivity contribution in [1.29, 1.82) is 0 Å². The highest BCUT2D eigenvalue weighted by Crippen LogP contribution is 2.28. The SMILES string of the molecule is O=C(OC(C(=O)NC1CC1)c1ccc(F)cc1)c1ccc(C2=CCCC2)cc1. The topological polar surface area (TPSA) is 55.4 Å². The second-order valence-electron chi connectivity index (χ2n) is 7.32. The summed E-state index contributed by atoms with van der Waals surface area (Å²) in [7, 11) is 0. The number of esters is 1. The van der Waals surface area contributed by atoms with Crippen molar-refractivity contribution in [3.8, 4) is 0 Å². The Kier molecular flexibility index (Phi) is 5.24. The summed E-state index contributed by atoms with van der Waals surface area (Å²) in [6.45, 7) is 0. The van der Waals surface area contributed by atoms with Crippen LogP contribution in [0.1, 0.15) is 59.7 Å². The number of nitrogens with one attached hydrogen (secondary N) is 1. The minimum Gasteiger partial charge on any atom is -0.444 e. The fourth-order valence-electron chi connectivity index (χ4n) is 3.34. The molecule has 144 valence electrons. The quantitative estimate of drug-likeness (QED) is 0.748. The molecule has 28 heavy (non-hydrogen) atoms. The Morgan fingerprint density at radius 3 is 2.36 bits per heavy atom. The Hall–Kier alpha value is -2.95. The summed E-state index contributed by atoms with van der Waals surface area (Å²) in [5, 5.41) is 2.85. The third kappa shape index (κ3) is 4.30. The van der Waals surface area contributed by atoms with Crippen LogP contribution < -0.4 is 5.32 Å². The van der Waals surface area contributed by atoms with Gasteiger partial charge in [-0.15, -0.1) is 0 Å². The number of allylic oxidation sites excluding steroid dienone is 2. The first kappa shape index (κ1) is 18.4. The van der Waals surface area contributed by atoms with Crippen molar-refractivity contribution in [1.82, 2.24) is 5.32 Å². The van der Waals surface area contributed by atoms with Crippen molar-refractivity contribution >= 4 is 17.4 Å². The van der Waals surface area contributed by atoms with E-state index in [1.54, 1.807) is 12.1 Å². The van der Waals surface area contributed by atoms with Gasteiger partial charge in [-0.1, -0.05) is 30.3 Å². The summed E-state index contributed by atoms with van der Waals surface area (Å²) in [6.07, 6.45) is 6.27. The fourth-order valence-corrected chi connectivity index (χ4v) is 3.34. The van der Waals surface area contributed by atoms with E-state index in [2.05, 4.69) is 11.4 Å².